The van der Waals surface area contributed by atoms with E-state index in [1.807, 2.05) is 0 Å². The monoisotopic (exact) mass is 301 g/mol. The molecular weight excluding hydrogens is 266 g/mol. The molecule has 4 heteroatoms. The first kappa shape index (κ1) is 18.9. The lowest BCUT2D eigenvalue weighted by Crippen LogP contribution is -2.54. The predicted octanol–water partition coefficient (Wildman–Crippen LogP) is 2.62. The highest BCUT2D eigenvalue weighted by atomic mass is 16.5. The molecule has 126 valence electrons. The molecule has 1 aliphatic rings. The molecule has 1 heterocycles. The Balaban J connectivity index is 1.84. The van der Waals surface area contributed by atoms with Gasteiger partial charge in [0.1, 0.15) is 6.10 Å². The van der Waals surface area contributed by atoms with E-state index in [0.29, 0.717) is 19.7 Å². The largest absolute Gasteiger partial charge is 0.389 e. The van der Waals surface area contributed by atoms with Crippen molar-refractivity contribution in [2.24, 2.45) is 0 Å². The van der Waals surface area contributed by atoms with Gasteiger partial charge in [-0.15, -0.1) is 0 Å². The van der Waals surface area contributed by atoms with E-state index in [1.54, 1.807) is 0 Å². The van der Waals surface area contributed by atoms with Gasteiger partial charge in [-0.05, 0) is 6.42 Å². The van der Waals surface area contributed by atoms with Crippen molar-refractivity contribution in [3.05, 3.63) is 0 Å². The average molecular weight is 301 g/mol. The maximum atomic E-state index is 9.78. The van der Waals surface area contributed by atoms with Gasteiger partial charge in [-0.2, -0.15) is 0 Å². The number of piperidine rings is 1. The summed E-state index contributed by atoms with van der Waals surface area (Å²) in [6.07, 6.45) is 11.4. The van der Waals surface area contributed by atoms with Gasteiger partial charge in [0.2, 0.25) is 0 Å². The minimum atomic E-state index is -0.741. The lowest BCUT2D eigenvalue weighted by Gasteiger charge is -2.32. The summed E-state index contributed by atoms with van der Waals surface area (Å²) in [6, 6.07) is 0. The smallest absolute Gasteiger partial charge is 0.108 e. The summed E-state index contributed by atoms with van der Waals surface area (Å²) in [5, 5.41) is 22.4. The number of ether oxygens (including phenoxy) is 1. The van der Waals surface area contributed by atoms with Crippen molar-refractivity contribution in [3.63, 3.8) is 0 Å². The van der Waals surface area contributed by atoms with E-state index >= 15 is 0 Å². The van der Waals surface area contributed by atoms with Crippen LogP contribution in [0.1, 0.15) is 71.1 Å². The normalized spacial score (nSPS) is 26.1. The lowest BCUT2D eigenvalue weighted by molar-refractivity contribution is -0.104. The SMILES string of the molecule is CCCCCCCCCCCCO[C@@H]1CNC[C@@H](O)[C@@H]1O. The lowest BCUT2D eigenvalue weighted by atomic mass is 10.0. The molecule has 0 unspecified atom stereocenters. The van der Waals surface area contributed by atoms with Crippen LogP contribution < -0.4 is 5.32 Å². The molecule has 0 amide bonds. The first-order valence-electron chi connectivity index (χ1n) is 8.94. The van der Waals surface area contributed by atoms with Gasteiger partial charge in [0.15, 0.2) is 0 Å². The molecule has 3 atom stereocenters. The fourth-order valence-electron chi connectivity index (χ4n) is 2.84. The molecule has 1 rings (SSSR count). The topological polar surface area (TPSA) is 61.7 Å². The van der Waals surface area contributed by atoms with Crippen molar-refractivity contribution in [1.82, 2.24) is 5.32 Å². The van der Waals surface area contributed by atoms with Crippen LogP contribution in [0.15, 0.2) is 0 Å². The van der Waals surface area contributed by atoms with Gasteiger partial charge < -0.3 is 20.3 Å². The Morgan fingerprint density at radius 1 is 0.857 bits per heavy atom. The Hall–Kier alpha value is -0.160. The van der Waals surface area contributed by atoms with Crippen molar-refractivity contribution >= 4 is 0 Å². The molecule has 1 fully saturated rings. The van der Waals surface area contributed by atoms with Gasteiger partial charge >= 0.3 is 0 Å². The fourth-order valence-corrected chi connectivity index (χ4v) is 2.84. The second-order valence-corrected chi connectivity index (χ2v) is 6.31. The standard InChI is InChI=1S/C17H35NO3/c1-2-3-4-5-6-7-8-9-10-11-12-21-16-14-18-13-15(19)17(16)20/h15-20H,2-14H2,1H3/t15-,16-,17+/m1/s1. The van der Waals surface area contributed by atoms with Crippen molar-refractivity contribution in [2.45, 2.75) is 89.4 Å². The van der Waals surface area contributed by atoms with Crippen LogP contribution in [0, 0.1) is 0 Å². The van der Waals surface area contributed by atoms with Crippen LogP contribution in [-0.2, 0) is 4.74 Å². The van der Waals surface area contributed by atoms with E-state index in [4.69, 9.17) is 4.74 Å². The second-order valence-electron chi connectivity index (χ2n) is 6.31. The summed E-state index contributed by atoms with van der Waals surface area (Å²) in [5.41, 5.74) is 0. The van der Waals surface area contributed by atoms with Crippen molar-refractivity contribution < 1.29 is 14.9 Å². The quantitative estimate of drug-likeness (QED) is 0.485. The van der Waals surface area contributed by atoms with Crippen molar-refractivity contribution in [1.29, 1.82) is 0 Å². The molecule has 0 spiro atoms. The number of β-amino-alcohol motifs (C(OH)–C–C–N with tert-alkyl or cyclic N) is 1. The first-order valence-corrected chi connectivity index (χ1v) is 8.94. The third kappa shape index (κ3) is 8.77. The van der Waals surface area contributed by atoms with E-state index in [1.165, 1.54) is 57.8 Å². The molecule has 1 saturated heterocycles. The zero-order valence-corrected chi connectivity index (χ0v) is 13.7. The van der Waals surface area contributed by atoms with Crippen LogP contribution in [-0.4, -0.2) is 48.2 Å². The Bertz CT molecular complexity index is 238. The Morgan fingerprint density at radius 3 is 2.05 bits per heavy atom. The molecule has 0 saturated carbocycles. The highest BCUT2D eigenvalue weighted by Gasteiger charge is 2.30. The van der Waals surface area contributed by atoms with E-state index < -0.39 is 12.2 Å². The number of hydrogen-bond acceptors (Lipinski definition) is 4. The molecule has 4 nitrogen and oxygen atoms in total. The maximum Gasteiger partial charge on any atom is 0.108 e. The number of unbranched alkanes of at least 4 members (excludes halogenated alkanes) is 9. The average Bonchev–Trinajstić information content (AvgIpc) is 2.49. The summed E-state index contributed by atoms with van der Waals surface area (Å²) in [6.45, 7) is 4.03. The van der Waals surface area contributed by atoms with Crippen LogP contribution in [0.5, 0.6) is 0 Å². The summed E-state index contributed by atoms with van der Waals surface area (Å²) in [4.78, 5) is 0. The second kappa shape index (κ2) is 12.4. The van der Waals surface area contributed by atoms with E-state index in [9.17, 15) is 10.2 Å². The third-order valence-corrected chi connectivity index (χ3v) is 4.30. The van der Waals surface area contributed by atoms with Crippen LogP contribution in [0.4, 0.5) is 0 Å². The minimum Gasteiger partial charge on any atom is -0.389 e. The van der Waals surface area contributed by atoms with Gasteiger partial charge in [-0.3, -0.25) is 0 Å². The molecule has 0 aromatic carbocycles. The molecule has 0 radical (unpaired) electrons. The summed E-state index contributed by atoms with van der Waals surface area (Å²) in [5.74, 6) is 0. The fraction of sp³-hybridized carbons (Fsp3) is 1.00. The summed E-state index contributed by atoms with van der Waals surface area (Å²) >= 11 is 0. The number of aliphatic hydroxyl groups is 2. The van der Waals surface area contributed by atoms with Gasteiger partial charge in [-0.25, -0.2) is 0 Å². The van der Waals surface area contributed by atoms with Gasteiger partial charge in [0.25, 0.3) is 0 Å². The molecule has 21 heavy (non-hydrogen) atoms. The number of aliphatic hydroxyl groups excluding tert-OH is 2. The first-order chi connectivity index (χ1) is 10.3. The van der Waals surface area contributed by atoms with Crippen LogP contribution in [0.2, 0.25) is 0 Å². The third-order valence-electron chi connectivity index (χ3n) is 4.30. The Labute approximate surface area is 130 Å². The van der Waals surface area contributed by atoms with Gasteiger partial charge in [0.05, 0.1) is 12.2 Å². The Morgan fingerprint density at radius 2 is 1.43 bits per heavy atom. The van der Waals surface area contributed by atoms with Crippen LogP contribution in [0.3, 0.4) is 0 Å². The number of nitrogens with one attached hydrogen (secondary N) is 1. The maximum absolute atomic E-state index is 9.78. The summed E-state index contributed by atoms with van der Waals surface area (Å²) in [7, 11) is 0. The molecule has 0 aromatic heterocycles. The molecule has 1 aliphatic heterocycles. The minimum absolute atomic E-state index is 0.257. The van der Waals surface area contributed by atoms with Crippen molar-refractivity contribution in [2.75, 3.05) is 19.7 Å². The van der Waals surface area contributed by atoms with E-state index in [2.05, 4.69) is 12.2 Å². The zero-order chi connectivity index (χ0) is 15.3. The summed E-state index contributed by atoms with van der Waals surface area (Å²) < 4.78 is 5.67. The zero-order valence-electron chi connectivity index (χ0n) is 13.7. The van der Waals surface area contributed by atoms with Gasteiger partial charge in [-0.1, -0.05) is 64.7 Å². The van der Waals surface area contributed by atoms with Crippen molar-refractivity contribution in [3.8, 4) is 0 Å². The highest BCUT2D eigenvalue weighted by Crippen LogP contribution is 2.12. The van der Waals surface area contributed by atoms with Crippen LogP contribution in [0.25, 0.3) is 0 Å². The Kier molecular flexibility index (Phi) is 11.1. The predicted molar refractivity (Wildman–Crippen MR) is 86.5 cm³/mol. The van der Waals surface area contributed by atoms with Crippen LogP contribution >= 0.6 is 0 Å². The molecular formula is C17H35NO3. The molecule has 0 bridgehead atoms. The number of rotatable bonds is 12. The highest BCUT2D eigenvalue weighted by molar-refractivity contribution is 4.85. The molecule has 0 aliphatic carbocycles. The molecule has 0 aromatic rings. The van der Waals surface area contributed by atoms with Gasteiger partial charge in [0, 0.05) is 19.7 Å². The number of hydrogen-bond donors (Lipinski definition) is 3. The van der Waals surface area contributed by atoms with E-state index in [-0.39, 0.29) is 6.10 Å². The van der Waals surface area contributed by atoms with E-state index in [0.717, 1.165) is 6.42 Å². The molecule has 3 N–H and O–H groups in total.